The first-order chi connectivity index (χ1) is 16.3. The summed E-state index contributed by atoms with van der Waals surface area (Å²) < 4.78 is 1.44. The van der Waals surface area contributed by atoms with Crippen LogP contribution in [-0.2, 0) is 9.59 Å². The highest BCUT2D eigenvalue weighted by Crippen LogP contribution is 2.37. The van der Waals surface area contributed by atoms with Gasteiger partial charge in [-0.05, 0) is 60.6 Å². The van der Waals surface area contributed by atoms with Crippen molar-refractivity contribution >= 4 is 11.9 Å². The predicted octanol–water partition coefficient (Wildman–Crippen LogP) is 4.20. The smallest absolute Gasteiger partial charge is 0.305 e. The maximum absolute atomic E-state index is 13.4. The highest BCUT2D eigenvalue weighted by Gasteiger charge is 2.32. The minimum atomic E-state index is -1.03. The maximum Gasteiger partial charge on any atom is 0.305 e. The molecule has 1 amide bonds. The van der Waals surface area contributed by atoms with Crippen molar-refractivity contribution in [3.8, 4) is 11.1 Å². The first-order valence-electron chi connectivity index (χ1n) is 11.5. The Kier molecular flexibility index (Phi) is 6.91. The lowest BCUT2D eigenvalue weighted by molar-refractivity contribution is -0.138. The molecule has 1 aliphatic rings. The summed E-state index contributed by atoms with van der Waals surface area (Å²) in [6.07, 6.45) is 7.29. The predicted molar refractivity (Wildman–Crippen MR) is 129 cm³/mol. The number of aliphatic carboxylic acids is 1. The molecular formula is C27H29N3O4. The van der Waals surface area contributed by atoms with E-state index in [0.717, 1.165) is 35.1 Å². The highest BCUT2D eigenvalue weighted by molar-refractivity contribution is 5.82. The molecule has 7 heteroatoms. The number of amides is 1. The zero-order valence-corrected chi connectivity index (χ0v) is 19.4. The molecule has 34 heavy (non-hydrogen) atoms. The van der Waals surface area contributed by atoms with E-state index in [-0.39, 0.29) is 17.9 Å². The van der Waals surface area contributed by atoms with Gasteiger partial charge in [0.15, 0.2) is 0 Å². The average molecular weight is 460 g/mol. The SMILES string of the molecule is Cc1cccc(C)c1-c1cncc([C@H](CC(=O)O)NC(=O)[C@@H](CC2CC2)n2ccccc2=O)c1. The second kappa shape index (κ2) is 10.0. The molecule has 1 fully saturated rings. The van der Waals surface area contributed by atoms with Crippen LogP contribution in [0.25, 0.3) is 11.1 Å². The van der Waals surface area contributed by atoms with Crippen molar-refractivity contribution in [2.45, 2.75) is 51.6 Å². The van der Waals surface area contributed by atoms with E-state index >= 15 is 0 Å². The quantitative estimate of drug-likeness (QED) is 0.499. The zero-order chi connectivity index (χ0) is 24.2. The molecule has 0 saturated heterocycles. The molecule has 1 aliphatic carbocycles. The third kappa shape index (κ3) is 5.42. The Labute approximate surface area is 198 Å². The van der Waals surface area contributed by atoms with Gasteiger partial charge in [-0.15, -0.1) is 0 Å². The van der Waals surface area contributed by atoms with Gasteiger partial charge in [0.1, 0.15) is 6.04 Å². The Bertz CT molecular complexity index is 1240. The number of benzene rings is 1. The van der Waals surface area contributed by atoms with Gasteiger partial charge in [-0.25, -0.2) is 0 Å². The number of hydrogen-bond acceptors (Lipinski definition) is 4. The molecule has 1 aromatic carbocycles. The van der Waals surface area contributed by atoms with Crippen LogP contribution in [0.15, 0.2) is 65.8 Å². The van der Waals surface area contributed by atoms with E-state index in [0.29, 0.717) is 17.9 Å². The van der Waals surface area contributed by atoms with Crippen LogP contribution in [0.5, 0.6) is 0 Å². The third-order valence-corrected chi connectivity index (χ3v) is 6.37. The average Bonchev–Trinajstić information content (AvgIpc) is 3.62. The van der Waals surface area contributed by atoms with Crippen molar-refractivity contribution in [1.82, 2.24) is 14.9 Å². The fourth-order valence-corrected chi connectivity index (χ4v) is 4.46. The van der Waals surface area contributed by atoms with Crippen LogP contribution in [0.3, 0.4) is 0 Å². The van der Waals surface area contributed by atoms with Crippen LogP contribution in [0.2, 0.25) is 0 Å². The van der Waals surface area contributed by atoms with Gasteiger partial charge in [-0.1, -0.05) is 37.1 Å². The van der Waals surface area contributed by atoms with Crippen molar-refractivity contribution in [3.05, 3.63) is 88.1 Å². The molecule has 4 rings (SSSR count). The molecule has 2 heterocycles. The normalized spacial score (nSPS) is 14.9. The van der Waals surface area contributed by atoms with Crippen LogP contribution in [0.1, 0.15) is 54.5 Å². The van der Waals surface area contributed by atoms with E-state index in [1.54, 1.807) is 30.7 Å². The van der Waals surface area contributed by atoms with Gasteiger partial charge in [-0.2, -0.15) is 0 Å². The number of nitrogens with zero attached hydrogens (tertiary/aromatic N) is 2. The van der Waals surface area contributed by atoms with Gasteiger partial charge in [0.2, 0.25) is 5.91 Å². The number of aromatic nitrogens is 2. The number of hydrogen-bond donors (Lipinski definition) is 2. The highest BCUT2D eigenvalue weighted by atomic mass is 16.4. The Balaban J connectivity index is 1.66. The number of carbonyl (C=O) groups excluding carboxylic acids is 1. The van der Waals surface area contributed by atoms with Gasteiger partial charge in [-0.3, -0.25) is 19.4 Å². The Hall–Kier alpha value is -3.74. The lowest BCUT2D eigenvalue weighted by Crippen LogP contribution is -2.39. The lowest BCUT2D eigenvalue weighted by atomic mass is 9.94. The van der Waals surface area contributed by atoms with E-state index in [9.17, 15) is 19.5 Å². The topological polar surface area (TPSA) is 101 Å². The fraction of sp³-hybridized carbons (Fsp3) is 0.333. The van der Waals surface area contributed by atoms with Crippen molar-refractivity contribution in [2.24, 2.45) is 5.92 Å². The molecule has 3 aromatic rings. The summed E-state index contributed by atoms with van der Waals surface area (Å²) in [5.74, 6) is -0.989. The lowest BCUT2D eigenvalue weighted by Gasteiger charge is -2.24. The molecule has 176 valence electrons. The summed E-state index contributed by atoms with van der Waals surface area (Å²) in [5, 5.41) is 12.5. The molecule has 7 nitrogen and oxygen atoms in total. The molecule has 2 N–H and O–H groups in total. The van der Waals surface area contributed by atoms with Crippen molar-refractivity contribution in [2.75, 3.05) is 0 Å². The summed E-state index contributed by atoms with van der Waals surface area (Å²) in [6, 6.07) is 11.3. The fourth-order valence-electron chi connectivity index (χ4n) is 4.46. The third-order valence-electron chi connectivity index (χ3n) is 6.37. The Morgan fingerprint density at radius 3 is 2.50 bits per heavy atom. The number of rotatable bonds is 9. The minimum Gasteiger partial charge on any atom is -0.481 e. The summed E-state index contributed by atoms with van der Waals surface area (Å²) in [6.45, 7) is 4.04. The van der Waals surface area contributed by atoms with Crippen LogP contribution >= 0.6 is 0 Å². The van der Waals surface area contributed by atoms with Gasteiger partial charge in [0.25, 0.3) is 5.56 Å². The molecule has 1 saturated carbocycles. The zero-order valence-electron chi connectivity index (χ0n) is 19.4. The van der Waals surface area contributed by atoms with Crippen molar-refractivity contribution < 1.29 is 14.7 Å². The molecule has 0 aliphatic heterocycles. The Morgan fingerprint density at radius 2 is 1.85 bits per heavy atom. The van der Waals surface area contributed by atoms with E-state index in [2.05, 4.69) is 10.3 Å². The summed E-state index contributed by atoms with van der Waals surface area (Å²) in [4.78, 5) is 41.9. The molecule has 2 aromatic heterocycles. The van der Waals surface area contributed by atoms with E-state index in [1.807, 2.05) is 38.1 Å². The first kappa shape index (κ1) is 23.4. The van der Waals surface area contributed by atoms with Crippen LogP contribution in [0.4, 0.5) is 0 Å². The Morgan fingerprint density at radius 1 is 1.12 bits per heavy atom. The van der Waals surface area contributed by atoms with Gasteiger partial charge >= 0.3 is 5.97 Å². The van der Waals surface area contributed by atoms with Gasteiger partial charge in [0.05, 0.1) is 12.5 Å². The molecule has 2 atom stereocenters. The maximum atomic E-state index is 13.4. The summed E-state index contributed by atoms with van der Waals surface area (Å²) >= 11 is 0. The number of carboxylic acid groups (broad SMARTS) is 1. The van der Waals surface area contributed by atoms with Gasteiger partial charge < -0.3 is 15.0 Å². The van der Waals surface area contributed by atoms with Crippen molar-refractivity contribution in [3.63, 3.8) is 0 Å². The standard InChI is InChI=1S/C27H29N3O4/c1-17-6-5-7-18(2)26(17)21-13-20(15-28-16-21)22(14-25(32)33)29-27(34)23(12-19-9-10-19)30-11-4-3-8-24(30)31/h3-8,11,13,15-16,19,22-23H,9-10,12,14H2,1-2H3,(H,29,34)(H,32,33)/t22-,23+/m0/s1. The number of carbonyl (C=O) groups is 2. The number of nitrogens with one attached hydrogen (secondary N) is 1. The monoisotopic (exact) mass is 459 g/mol. The molecular weight excluding hydrogens is 430 g/mol. The van der Waals surface area contributed by atoms with Gasteiger partial charge in [0, 0.05) is 30.2 Å². The number of aryl methyl sites for hydroxylation is 2. The largest absolute Gasteiger partial charge is 0.481 e. The van der Waals surface area contributed by atoms with Crippen molar-refractivity contribution in [1.29, 1.82) is 0 Å². The number of pyridine rings is 2. The van der Waals surface area contributed by atoms with E-state index in [4.69, 9.17) is 0 Å². The van der Waals surface area contributed by atoms with Crippen LogP contribution < -0.4 is 10.9 Å². The summed E-state index contributed by atoms with van der Waals surface area (Å²) in [7, 11) is 0. The second-order valence-electron chi connectivity index (χ2n) is 9.07. The minimum absolute atomic E-state index is 0.253. The first-order valence-corrected chi connectivity index (χ1v) is 11.5. The molecule has 0 radical (unpaired) electrons. The van der Waals surface area contributed by atoms with E-state index < -0.39 is 18.1 Å². The van der Waals surface area contributed by atoms with Crippen LogP contribution in [0, 0.1) is 19.8 Å². The second-order valence-corrected chi connectivity index (χ2v) is 9.07. The van der Waals surface area contributed by atoms with Crippen LogP contribution in [-0.4, -0.2) is 26.5 Å². The van der Waals surface area contributed by atoms with E-state index in [1.165, 1.54) is 10.6 Å². The summed E-state index contributed by atoms with van der Waals surface area (Å²) in [5.41, 5.74) is 4.45. The molecule has 0 bridgehead atoms. The molecule has 0 spiro atoms. The number of carboxylic acids is 1. The molecule has 0 unspecified atom stereocenters.